The van der Waals surface area contributed by atoms with E-state index >= 15 is 0 Å². The van der Waals surface area contributed by atoms with Crippen LogP contribution in [-0.2, 0) is 14.9 Å². The Labute approximate surface area is 148 Å². The van der Waals surface area contributed by atoms with Crippen molar-refractivity contribution in [2.24, 2.45) is 0 Å². The Kier molecular flexibility index (Phi) is 4.09. The number of amides is 2. The summed E-state index contributed by atoms with van der Waals surface area (Å²) in [6.07, 6.45) is 4.29. The fourth-order valence-corrected chi connectivity index (χ4v) is 3.04. The van der Waals surface area contributed by atoms with Gasteiger partial charge in [0.1, 0.15) is 5.60 Å². The lowest BCUT2D eigenvalue weighted by Crippen LogP contribution is -2.39. The largest absolute Gasteiger partial charge is 0.444 e. The third-order valence-corrected chi connectivity index (χ3v) is 4.53. The molecule has 25 heavy (non-hydrogen) atoms. The lowest BCUT2D eigenvalue weighted by Gasteiger charge is -2.29. The van der Waals surface area contributed by atoms with Gasteiger partial charge in [-0.25, -0.2) is 4.79 Å². The minimum absolute atomic E-state index is 0.0270. The number of hydrogen-bond donors (Lipinski definition) is 1. The molecule has 0 saturated carbocycles. The Balaban J connectivity index is 1.74. The van der Waals surface area contributed by atoms with Gasteiger partial charge >= 0.3 is 6.09 Å². The van der Waals surface area contributed by atoms with Gasteiger partial charge in [0.25, 0.3) is 0 Å². The molecule has 1 aromatic rings. The third kappa shape index (κ3) is 3.38. The van der Waals surface area contributed by atoms with Crippen molar-refractivity contribution in [3.63, 3.8) is 0 Å². The number of carbonyl (C=O) groups is 2. The van der Waals surface area contributed by atoms with Crippen LogP contribution >= 0.6 is 0 Å². The van der Waals surface area contributed by atoms with E-state index in [0.29, 0.717) is 13.1 Å². The van der Waals surface area contributed by atoms with Gasteiger partial charge in [0.15, 0.2) is 0 Å². The highest BCUT2D eigenvalue weighted by Crippen LogP contribution is 2.37. The van der Waals surface area contributed by atoms with Gasteiger partial charge in [0.2, 0.25) is 5.91 Å². The summed E-state index contributed by atoms with van der Waals surface area (Å²) >= 11 is 0. The second-order valence-electron chi connectivity index (χ2n) is 8.11. The summed E-state index contributed by atoms with van der Waals surface area (Å²) in [5, 5.41) is 2.91. The molecule has 6 heteroatoms. The molecule has 1 aromatic heterocycles. The van der Waals surface area contributed by atoms with Crippen molar-refractivity contribution in [1.29, 1.82) is 0 Å². The molecular formula is C19H25N3O3. The molecule has 134 valence electrons. The van der Waals surface area contributed by atoms with Gasteiger partial charge in [0.05, 0.1) is 16.8 Å². The van der Waals surface area contributed by atoms with Gasteiger partial charge < -0.3 is 15.0 Å². The van der Waals surface area contributed by atoms with Crippen LogP contribution in [0, 0.1) is 0 Å². The molecule has 0 radical (unpaired) electrons. The van der Waals surface area contributed by atoms with Gasteiger partial charge in [-0.1, -0.05) is 6.08 Å². The summed E-state index contributed by atoms with van der Waals surface area (Å²) in [5.41, 5.74) is 2.60. The zero-order valence-electron chi connectivity index (χ0n) is 15.5. The molecule has 0 aromatic carbocycles. The number of anilines is 1. The van der Waals surface area contributed by atoms with E-state index in [9.17, 15) is 9.59 Å². The minimum atomic E-state index is -0.595. The highest BCUT2D eigenvalue weighted by Gasteiger charge is 2.40. The lowest BCUT2D eigenvalue weighted by atomic mass is 9.90. The van der Waals surface area contributed by atoms with Gasteiger partial charge in [-0.15, -0.1) is 0 Å². The van der Waals surface area contributed by atoms with Gasteiger partial charge in [-0.3, -0.25) is 9.78 Å². The molecule has 3 heterocycles. The summed E-state index contributed by atoms with van der Waals surface area (Å²) in [6, 6.07) is 1.98. The molecule has 0 spiro atoms. The zero-order valence-corrected chi connectivity index (χ0v) is 15.5. The van der Waals surface area contributed by atoms with Gasteiger partial charge in [-0.2, -0.15) is 0 Å². The average Bonchev–Trinajstić information content (AvgIpc) is 2.75. The molecule has 2 aliphatic heterocycles. The predicted molar refractivity (Wildman–Crippen MR) is 96.3 cm³/mol. The van der Waals surface area contributed by atoms with Crippen LogP contribution in [0.5, 0.6) is 0 Å². The highest BCUT2D eigenvalue weighted by atomic mass is 16.6. The first-order valence-corrected chi connectivity index (χ1v) is 8.57. The van der Waals surface area contributed by atoms with Crippen LogP contribution in [0.1, 0.15) is 52.3 Å². The molecule has 3 rings (SSSR count). The van der Waals surface area contributed by atoms with Crippen LogP contribution in [0.4, 0.5) is 10.5 Å². The van der Waals surface area contributed by atoms with Gasteiger partial charge in [0, 0.05) is 19.3 Å². The SMILES string of the molecule is CC(C)(C)OC(=O)N1CC=C(c2cnc3c(c2)NC(=O)C3(C)C)CC1. The van der Waals surface area contributed by atoms with Crippen LogP contribution in [0.3, 0.4) is 0 Å². The number of aromatic nitrogens is 1. The van der Waals surface area contributed by atoms with Crippen molar-refractivity contribution in [1.82, 2.24) is 9.88 Å². The Morgan fingerprint density at radius 1 is 1.36 bits per heavy atom. The molecule has 1 N–H and O–H groups in total. The maximum atomic E-state index is 12.1. The molecule has 0 atom stereocenters. The summed E-state index contributed by atoms with van der Waals surface area (Å²) in [6.45, 7) is 10.5. The second-order valence-corrected chi connectivity index (χ2v) is 8.11. The predicted octanol–water partition coefficient (Wildman–Crippen LogP) is 3.34. The molecule has 0 saturated heterocycles. The van der Waals surface area contributed by atoms with Crippen LogP contribution in [0.2, 0.25) is 0 Å². The van der Waals surface area contributed by atoms with Crippen LogP contribution in [0.15, 0.2) is 18.3 Å². The van der Waals surface area contributed by atoms with E-state index in [0.717, 1.165) is 28.9 Å². The van der Waals surface area contributed by atoms with E-state index < -0.39 is 11.0 Å². The Hall–Kier alpha value is -2.37. The summed E-state index contributed by atoms with van der Waals surface area (Å²) in [7, 11) is 0. The molecule has 2 amide bonds. The Morgan fingerprint density at radius 2 is 2.08 bits per heavy atom. The fraction of sp³-hybridized carbons (Fsp3) is 0.526. The number of nitrogens with zero attached hydrogens (tertiary/aromatic N) is 2. The molecule has 0 fully saturated rings. The standard InChI is InChI=1S/C19H25N3O3/c1-18(2,3)25-17(24)22-8-6-12(7-9-22)13-10-14-15(20-11-13)19(4,5)16(23)21-14/h6,10-11H,7-9H2,1-5H3,(H,21,23). The first-order chi connectivity index (χ1) is 11.6. The number of nitrogens with one attached hydrogen (secondary N) is 1. The van der Waals surface area contributed by atoms with Crippen molar-refractivity contribution in [2.75, 3.05) is 18.4 Å². The molecule has 0 aliphatic carbocycles. The number of hydrogen-bond acceptors (Lipinski definition) is 4. The Morgan fingerprint density at radius 3 is 2.68 bits per heavy atom. The van der Waals surface area contributed by atoms with Crippen molar-refractivity contribution >= 4 is 23.3 Å². The lowest BCUT2D eigenvalue weighted by molar-refractivity contribution is -0.119. The van der Waals surface area contributed by atoms with Crippen molar-refractivity contribution in [3.05, 3.63) is 29.6 Å². The number of fused-ring (bicyclic) bond motifs is 1. The number of ether oxygens (including phenoxy) is 1. The van der Waals surface area contributed by atoms with E-state index in [-0.39, 0.29) is 12.0 Å². The summed E-state index contributed by atoms with van der Waals surface area (Å²) in [5.74, 6) is -0.0270. The minimum Gasteiger partial charge on any atom is -0.444 e. The van der Waals surface area contributed by atoms with E-state index in [1.165, 1.54) is 0 Å². The maximum Gasteiger partial charge on any atom is 0.410 e. The second kappa shape index (κ2) is 5.86. The molecular weight excluding hydrogens is 318 g/mol. The van der Waals surface area contributed by atoms with Crippen LogP contribution in [-0.4, -0.2) is 40.6 Å². The third-order valence-electron chi connectivity index (χ3n) is 4.53. The maximum absolute atomic E-state index is 12.1. The van der Waals surface area contributed by atoms with E-state index in [1.54, 1.807) is 4.90 Å². The Bertz CT molecular complexity index is 760. The van der Waals surface area contributed by atoms with Crippen LogP contribution in [0.25, 0.3) is 5.57 Å². The fourth-order valence-electron chi connectivity index (χ4n) is 3.04. The zero-order chi connectivity index (χ0) is 18.4. The van der Waals surface area contributed by atoms with E-state index in [2.05, 4.69) is 10.3 Å². The number of carbonyl (C=O) groups excluding carboxylic acids is 2. The molecule has 2 aliphatic rings. The highest BCUT2D eigenvalue weighted by molar-refractivity contribution is 6.05. The average molecular weight is 343 g/mol. The molecule has 0 bridgehead atoms. The summed E-state index contributed by atoms with van der Waals surface area (Å²) < 4.78 is 5.41. The van der Waals surface area contributed by atoms with Gasteiger partial charge in [-0.05, 0) is 58.2 Å². The first-order valence-electron chi connectivity index (χ1n) is 8.57. The normalized spacial score (nSPS) is 19.2. The molecule has 6 nitrogen and oxygen atoms in total. The van der Waals surface area contributed by atoms with Crippen molar-refractivity contribution < 1.29 is 14.3 Å². The smallest absolute Gasteiger partial charge is 0.410 e. The van der Waals surface area contributed by atoms with Crippen molar-refractivity contribution in [3.8, 4) is 0 Å². The quantitative estimate of drug-likeness (QED) is 0.849. The van der Waals surface area contributed by atoms with Crippen LogP contribution < -0.4 is 5.32 Å². The molecule has 0 unspecified atom stereocenters. The van der Waals surface area contributed by atoms with E-state index in [1.807, 2.05) is 53.0 Å². The summed E-state index contributed by atoms with van der Waals surface area (Å²) in [4.78, 5) is 30.4. The number of rotatable bonds is 1. The number of pyridine rings is 1. The van der Waals surface area contributed by atoms with Crippen molar-refractivity contribution in [2.45, 2.75) is 52.1 Å². The monoisotopic (exact) mass is 343 g/mol. The topological polar surface area (TPSA) is 71.5 Å². The first kappa shape index (κ1) is 17.5. The van der Waals surface area contributed by atoms with E-state index in [4.69, 9.17) is 4.74 Å².